The first-order valence-electron chi connectivity index (χ1n) is 8.97. The summed E-state index contributed by atoms with van der Waals surface area (Å²) in [7, 11) is 2.30. The maximum Gasteiger partial charge on any atom is 0.0797 e. The van der Waals surface area contributed by atoms with Crippen molar-refractivity contribution in [2.24, 2.45) is 17.6 Å². The summed E-state index contributed by atoms with van der Waals surface area (Å²) in [5, 5.41) is 10.6. The molecule has 0 aromatic carbocycles. The normalized spacial score (nSPS) is 42.1. The SMILES string of the molecule is CN1CCCC2CN(CCC3CCCC3(O)CN)CCC21. The van der Waals surface area contributed by atoms with Crippen molar-refractivity contribution in [1.29, 1.82) is 0 Å². The lowest BCUT2D eigenvalue weighted by Gasteiger charge is -2.46. The van der Waals surface area contributed by atoms with Crippen LogP contribution in [0.2, 0.25) is 0 Å². The number of hydrogen-bond donors (Lipinski definition) is 2. The molecule has 0 radical (unpaired) electrons. The van der Waals surface area contributed by atoms with Crippen LogP contribution in [0.3, 0.4) is 0 Å². The molecular weight excluding hydrogens is 262 g/mol. The van der Waals surface area contributed by atoms with E-state index in [1.807, 2.05) is 0 Å². The first-order valence-corrected chi connectivity index (χ1v) is 8.97. The number of hydrogen-bond acceptors (Lipinski definition) is 4. The van der Waals surface area contributed by atoms with E-state index in [1.165, 1.54) is 38.9 Å². The van der Waals surface area contributed by atoms with Gasteiger partial charge in [0, 0.05) is 19.1 Å². The molecule has 0 aromatic rings. The number of rotatable bonds is 4. The minimum atomic E-state index is -0.566. The molecule has 0 bridgehead atoms. The zero-order valence-corrected chi connectivity index (χ0v) is 13.6. The van der Waals surface area contributed by atoms with Crippen molar-refractivity contribution < 1.29 is 5.11 Å². The highest BCUT2D eigenvalue weighted by atomic mass is 16.3. The molecule has 1 aliphatic carbocycles. The molecular formula is C17H33N3O. The van der Waals surface area contributed by atoms with Crippen LogP contribution in [0.4, 0.5) is 0 Å². The molecule has 21 heavy (non-hydrogen) atoms. The second-order valence-corrected chi connectivity index (χ2v) is 7.73. The quantitative estimate of drug-likeness (QED) is 0.820. The van der Waals surface area contributed by atoms with Crippen molar-refractivity contribution >= 4 is 0 Å². The average Bonchev–Trinajstić information content (AvgIpc) is 2.87. The highest BCUT2D eigenvalue weighted by Crippen LogP contribution is 2.37. The number of fused-ring (bicyclic) bond motifs is 1. The molecule has 4 nitrogen and oxygen atoms in total. The Morgan fingerprint density at radius 2 is 2.05 bits per heavy atom. The van der Waals surface area contributed by atoms with E-state index in [-0.39, 0.29) is 0 Å². The third kappa shape index (κ3) is 3.29. The first-order chi connectivity index (χ1) is 10.1. The molecule has 3 rings (SSSR count). The van der Waals surface area contributed by atoms with E-state index in [9.17, 15) is 5.11 Å². The lowest BCUT2D eigenvalue weighted by Crippen LogP contribution is -2.53. The molecule has 122 valence electrons. The van der Waals surface area contributed by atoms with Crippen LogP contribution in [-0.2, 0) is 0 Å². The van der Waals surface area contributed by atoms with Gasteiger partial charge in [0.05, 0.1) is 5.60 Å². The third-order valence-corrected chi connectivity index (χ3v) is 6.50. The van der Waals surface area contributed by atoms with Crippen LogP contribution in [0.25, 0.3) is 0 Å². The largest absolute Gasteiger partial charge is 0.388 e. The standard InChI is InChI=1S/C17H33N3O/c1-19-9-3-4-14-12-20(11-7-16(14)19)10-6-15-5-2-8-17(15,21)13-18/h14-16,21H,2-13,18H2,1H3. The van der Waals surface area contributed by atoms with Crippen molar-refractivity contribution in [3.05, 3.63) is 0 Å². The predicted octanol–water partition coefficient (Wildman–Crippen LogP) is 1.28. The van der Waals surface area contributed by atoms with Crippen LogP contribution in [0.1, 0.15) is 44.9 Å². The summed E-state index contributed by atoms with van der Waals surface area (Å²) in [6, 6.07) is 0.822. The van der Waals surface area contributed by atoms with Gasteiger partial charge >= 0.3 is 0 Å². The molecule has 0 aromatic heterocycles. The van der Waals surface area contributed by atoms with Crippen molar-refractivity contribution in [3.63, 3.8) is 0 Å². The second-order valence-electron chi connectivity index (χ2n) is 7.73. The summed E-state index contributed by atoms with van der Waals surface area (Å²) < 4.78 is 0. The van der Waals surface area contributed by atoms with Crippen LogP contribution in [0.5, 0.6) is 0 Å². The molecule has 0 amide bonds. The summed E-state index contributed by atoms with van der Waals surface area (Å²) in [5.74, 6) is 1.30. The molecule has 1 saturated carbocycles. The Balaban J connectivity index is 1.48. The Morgan fingerprint density at radius 3 is 2.86 bits per heavy atom. The predicted molar refractivity (Wildman–Crippen MR) is 86.2 cm³/mol. The van der Waals surface area contributed by atoms with Crippen molar-refractivity contribution in [1.82, 2.24) is 9.80 Å². The summed E-state index contributed by atoms with van der Waals surface area (Å²) in [5.41, 5.74) is 5.23. The zero-order chi connectivity index (χ0) is 14.9. The number of likely N-dealkylation sites (tertiary alicyclic amines) is 2. The van der Waals surface area contributed by atoms with Crippen LogP contribution < -0.4 is 5.73 Å². The minimum absolute atomic E-state index is 0.425. The fraction of sp³-hybridized carbons (Fsp3) is 1.00. The van der Waals surface area contributed by atoms with Gasteiger partial charge in [-0.3, -0.25) is 0 Å². The van der Waals surface area contributed by atoms with Gasteiger partial charge < -0.3 is 20.6 Å². The Kier molecular flexibility index (Phi) is 4.89. The monoisotopic (exact) mass is 295 g/mol. The molecule has 4 unspecified atom stereocenters. The molecule has 0 spiro atoms. The maximum atomic E-state index is 10.6. The van der Waals surface area contributed by atoms with E-state index in [0.29, 0.717) is 12.5 Å². The Hall–Kier alpha value is -0.160. The molecule has 3 N–H and O–H groups in total. The Bertz CT molecular complexity index is 351. The summed E-state index contributed by atoms with van der Waals surface area (Å²) in [6.45, 7) is 5.38. The van der Waals surface area contributed by atoms with E-state index in [2.05, 4.69) is 16.8 Å². The van der Waals surface area contributed by atoms with E-state index < -0.39 is 5.60 Å². The van der Waals surface area contributed by atoms with Gasteiger partial charge in [0.15, 0.2) is 0 Å². The topological polar surface area (TPSA) is 52.7 Å². The van der Waals surface area contributed by atoms with Crippen molar-refractivity contribution in [2.45, 2.75) is 56.6 Å². The number of piperidine rings is 2. The van der Waals surface area contributed by atoms with Gasteiger partial charge in [-0.25, -0.2) is 0 Å². The lowest BCUT2D eigenvalue weighted by molar-refractivity contribution is -0.00304. The molecule has 4 atom stereocenters. The minimum Gasteiger partial charge on any atom is -0.388 e. The van der Waals surface area contributed by atoms with Gasteiger partial charge in [-0.05, 0) is 77.0 Å². The van der Waals surface area contributed by atoms with Gasteiger partial charge in [-0.2, -0.15) is 0 Å². The Labute approximate surface area is 129 Å². The maximum absolute atomic E-state index is 10.6. The van der Waals surface area contributed by atoms with Gasteiger partial charge in [0.1, 0.15) is 0 Å². The lowest BCUT2D eigenvalue weighted by atomic mass is 9.83. The first kappa shape index (κ1) is 15.7. The molecule has 2 aliphatic heterocycles. The van der Waals surface area contributed by atoms with E-state index in [4.69, 9.17) is 5.73 Å². The summed E-state index contributed by atoms with van der Waals surface area (Å²) >= 11 is 0. The van der Waals surface area contributed by atoms with E-state index in [0.717, 1.165) is 44.2 Å². The number of aliphatic hydroxyl groups is 1. The highest BCUT2D eigenvalue weighted by molar-refractivity contribution is 4.94. The average molecular weight is 295 g/mol. The van der Waals surface area contributed by atoms with E-state index >= 15 is 0 Å². The van der Waals surface area contributed by atoms with Gasteiger partial charge in [-0.15, -0.1) is 0 Å². The fourth-order valence-corrected chi connectivity index (χ4v) is 5.08. The van der Waals surface area contributed by atoms with Crippen LogP contribution in [0, 0.1) is 11.8 Å². The van der Waals surface area contributed by atoms with Crippen LogP contribution in [-0.4, -0.2) is 66.3 Å². The molecule has 3 aliphatic rings. The van der Waals surface area contributed by atoms with E-state index in [1.54, 1.807) is 0 Å². The number of nitrogens with zero attached hydrogens (tertiary/aromatic N) is 2. The smallest absolute Gasteiger partial charge is 0.0797 e. The van der Waals surface area contributed by atoms with Crippen LogP contribution in [0.15, 0.2) is 0 Å². The second kappa shape index (κ2) is 6.53. The number of nitrogens with two attached hydrogens (primary N) is 1. The van der Waals surface area contributed by atoms with Gasteiger partial charge in [0.2, 0.25) is 0 Å². The molecule has 2 saturated heterocycles. The molecule has 3 fully saturated rings. The van der Waals surface area contributed by atoms with Crippen molar-refractivity contribution in [2.75, 3.05) is 39.8 Å². The third-order valence-electron chi connectivity index (χ3n) is 6.50. The van der Waals surface area contributed by atoms with Crippen molar-refractivity contribution in [3.8, 4) is 0 Å². The van der Waals surface area contributed by atoms with Gasteiger partial charge in [0.25, 0.3) is 0 Å². The molecule has 4 heteroatoms. The Morgan fingerprint density at radius 1 is 1.19 bits per heavy atom. The molecule has 2 heterocycles. The van der Waals surface area contributed by atoms with Crippen LogP contribution >= 0.6 is 0 Å². The fourth-order valence-electron chi connectivity index (χ4n) is 5.08. The zero-order valence-electron chi connectivity index (χ0n) is 13.6. The summed E-state index contributed by atoms with van der Waals surface area (Å²) in [6.07, 6.45) is 8.44. The highest BCUT2D eigenvalue weighted by Gasteiger charge is 2.40. The summed E-state index contributed by atoms with van der Waals surface area (Å²) in [4.78, 5) is 5.23. The van der Waals surface area contributed by atoms with Gasteiger partial charge in [-0.1, -0.05) is 6.42 Å².